The molecule has 0 unspecified atom stereocenters. The van der Waals surface area contributed by atoms with Gasteiger partial charge in [0.15, 0.2) is 0 Å². The van der Waals surface area contributed by atoms with Crippen LogP contribution >= 0.6 is 0 Å². The quantitative estimate of drug-likeness (QED) is 0.425. The van der Waals surface area contributed by atoms with Gasteiger partial charge in [0.2, 0.25) is 0 Å². The molecular formula is C28H29N5O. The Kier molecular flexibility index (Phi) is 6.46. The van der Waals surface area contributed by atoms with Gasteiger partial charge in [0.1, 0.15) is 0 Å². The fourth-order valence-electron chi connectivity index (χ4n) is 4.80. The average Bonchev–Trinajstić information content (AvgIpc) is 3.29. The highest BCUT2D eigenvalue weighted by Crippen LogP contribution is 2.22. The lowest BCUT2D eigenvalue weighted by atomic mass is 10.1. The van der Waals surface area contributed by atoms with E-state index >= 15 is 0 Å². The van der Waals surface area contributed by atoms with Gasteiger partial charge >= 0.3 is 0 Å². The number of aromatic amines is 1. The molecule has 3 heterocycles. The minimum atomic E-state index is -0.0134. The summed E-state index contributed by atoms with van der Waals surface area (Å²) in [6.07, 6.45) is 7.24. The van der Waals surface area contributed by atoms with Crippen LogP contribution in [0.1, 0.15) is 24.0 Å². The first-order valence-electron chi connectivity index (χ1n) is 12.0. The predicted molar refractivity (Wildman–Crippen MR) is 137 cm³/mol. The SMILES string of the molecule is N#Cc1ccc2[nH]cc(CCCCN3CCN(c4ccc(-n5ccccc5=O)cc4)CC3)c2c1. The molecule has 1 N–H and O–H groups in total. The smallest absolute Gasteiger partial charge is 0.255 e. The minimum Gasteiger partial charge on any atom is -0.369 e. The molecule has 6 nitrogen and oxygen atoms in total. The van der Waals surface area contributed by atoms with Crippen molar-refractivity contribution >= 4 is 16.6 Å². The average molecular weight is 452 g/mol. The maximum atomic E-state index is 12.0. The van der Waals surface area contributed by atoms with Crippen LogP contribution in [-0.2, 0) is 6.42 Å². The summed E-state index contributed by atoms with van der Waals surface area (Å²) in [6.45, 7) is 5.29. The summed E-state index contributed by atoms with van der Waals surface area (Å²) in [5, 5.41) is 10.3. The van der Waals surface area contributed by atoms with E-state index < -0.39 is 0 Å². The third-order valence-corrected chi connectivity index (χ3v) is 6.75. The lowest BCUT2D eigenvalue weighted by molar-refractivity contribution is 0.253. The molecule has 1 saturated heterocycles. The van der Waals surface area contributed by atoms with Crippen molar-refractivity contribution in [2.45, 2.75) is 19.3 Å². The highest BCUT2D eigenvalue weighted by atomic mass is 16.1. The van der Waals surface area contributed by atoms with Crippen LogP contribution in [0.5, 0.6) is 0 Å². The van der Waals surface area contributed by atoms with Crippen molar-refractivity contribution in [2.24, 2.45) is 0 Å². The molecule has 172 valence electrons. The zero-order valence-corrected chi connectivity index (χ0v) is 19.3. The Labute approximate surface area is 199 Å². The van der Waals surface area contributed by atoms with Gasteiger partial charge in [-0.05, 0) is 79.9 Å². The van der Waals surface area contributed by atoms with Crippen LogP contribution < -0.4 is 10.5 Å². The Morgan fingerprint density at radius 1 is 0.912 bits per heavy atom. The van der Waals surface area contributed by atoms with Crippen LogP contribution in [0.15, 0.2) is 77.9 Å². The number of hydrogen-bond acceptors (Lipinski definition) is 4. The first-order chi connectivity index (χ1) is 16.7. The van der Waals surface area contributed by atoms with E-state index in [-0.39, 0.29) is 5.56 Å². The second-order valence-corrected chi connectivity index (χ2v) is 8.90. The van der Waals surface area contributed by atoms with Gasteiger partial charge in [-0.1, -0.05) is 6.07 Å². The molecular weight excluding hydrogens is 422 g/mol. The van der Waals surface area contributed by atoms with Crippen molar-refractivity contribution in [2.75, 3.05) is 37.6 Å². The summed E-state index contributed by atoms with van der Waals surface area (Å²) < 4.78 is 1.67. The summed E-state index contributed by atoms with van der Waals surface area (Å²) >= 11 is 0. The number of anilines is 1. The number of aryl methyl sites for hydroxylation is 1. The number of H-pyrrole nitrogens is 1. The molecule has 2 aromatic carbocycles. The van der Waals surface area contributed by atoms with E-state index in [1.165, 1.54) is 23.1 Å². The van der Waals surface area contributed by atoms with Crippen LogP contribution in [0, 0.1) is 11.3 Å². The molecule has 0 aliphatic carbocycles. The zero-order chi connectivity index (χ0) is 23.3. The van der Waals surface area contributed by atoms with Crippen LogP contribution in [0.3, 0.4) is 0 Å². The fourth-order valence-corrected chi connectivity index (χ4v) is 4.80. The molecule has 6 heteroatoms. The maximum absolute atomic E-state index is 12.0. The summed E-state index contributed by atoms with van der Waals surface area (Å²) in [6, 6.07) is 21.6. The molecule has 0 radical (unpaired) electrons. The third kappa shape index (κ3) is 4.75. The molecule has 0 amide bonds. The van der Waals surface area contributed by atoms with Gasteiger partial charge in [-0.15, -0.1) is 0 Å². The molecule has 0 atom stereocenters. The molecule has 4 aromatic rings. The molecule has 5 rings (SSSR count). The molecule has 1 aliphatic heterocycles. The first-order valence-corrected chi connectivity index (χ1v) is 12.0. The van der Waals surface area contributed by atoms with Gasteiger partial charge in [0.25, 0.3) is 5.56 Å². The van der Waals surface area contributed by atoms with Crippen LogP contribution in [0.4, 0.5) is 5.69 Å². The number of fused-ring (bicyclic) bond motifs is 1. The number of nitrogens with one attached hydrogen (secondary N) is 1. The second-order valence-electron chi connectivity index (χ2n) is 8.90. The summed E-state index contributed by atoms with van der Waals surface area (Å²) in [4.78, 5) is 20.3. The number of hydrogen-bond donors (Lipinski definition) is 1. The molecule has 0 spiro atoms. The Bertz CT molecular complexity index is 1350. The standard InChI is InChI=1S/C28H29N5O/c29-20-22-7-12-27-26(19-22)23(21-30-27)5-1-3-13-31-15-17-32(18-16-31)24-8-10-25(11-9-24)33-14-4-2-6-28(33)34/h2,4,6-12,14,19,21,30H,1,3,5,13,15-18H2. The molecule has 0 bridgehead atoms. The van der Waals surface area contributed by atoms with Gasteiger partial charge in [-0.25, -0.2) is 0 Å². The Balaban J connectivity index is 1.09. The second kappa shape index (κ2) is 9.98. The van der Waals surface area contributed by atoms with E-state index in [1.54, 1.807) is 22.9 Å². The predicted octanol–water partition coefficient (Wildman–Crippen LogP) is 4.34. The van der Waals surface area contributed by atoms with Gasteiger partial charge in [0, 0.05) is 66.9 Å². The number of unbranched alkanes of at least 4 members (excludes halogenated alkanes) is 1. The number of aromatic nitrogens is 2. The van der Waals surface area contributed by atoms with Gasteiger partial charge in [-0.3, -0.25) is 14.3 Å². The Hall–Kier alpha value is -3.82. The van der Waals surface area contributed by atoms with E-state index in [0.717, 1.165) is 62.3 Å². The minimum absolute atomic E-state index is 0.0134. The number of benzene rings is 2. The van der Waals surface area contributed by atoms with Crippen LogP contribution in [0.2, 0.25) is 0 Å². The van der Waals surface area contributed by atoms with Crippen molar-refractivity contribution in [3.05, 3.63) is 94.5 Å². The Morgan fingerprint density at radius 3 is 2.47 bits per heavy atom. The number of nitriles is 1. The maximum Gasteiger partial charge on any atom is 0.255 e. The van der Waals surface area contributed by atoms with Gasteiger partial charge in [0.05, 0.1) is 11.6 Å². The van der Waals surface area contributed by atoms with Crippen molar-refractivity contribution in [1.82, 2.24) is 14.5 Å². The van der Waals surface area contributed by atoms with Crippen LogP contribution in [0.25, 0.3) is 16.6 Å². The van der Waals surface area contributed by atoms with E-state index in [0.29, 0.717) is 0 Å². The molecule has 34 heavy (non-hydrogen) atoms. The van der Waals surface area contributed by atoms with Gasteiger partial charge in [-0.2, -0.15) is 5.26 Å². The third-order valence-electron chi connectivity index (χ3n) is 6.75. The Morgan fingerprint density at radius 2 is 1.71 bits per heavy atom. The van der Waals surface area contributed by atoms with Crippen molar-refractivity contribution < 1.29 is 0 Å². The van der Waals surface area contributed by atoms with E-state index in [9.17, 15) is 4.79 Å². The zero-order valence-electron chi connectivity index (χ0n) is 19.3. The number of rotatable bonds is 7. The summed E-state index contributed by atoms with van der Waals surface area (Å²) in [7, 11) is 0. The fraction of sp³-hybridized carbons (Fsp3) is 0.286. The highest BCUT2D eigenvalue weighted by molar-refractivity contribution is 5.84. The first kappa shape index (κ1) is 22.0. The van der Waals surface area contributed by atoms with E-state index in [1.807, 2.05) is 36.4 Å². The van der Waals surface area contributed by atoms with Crippen molar-refractivity contribution in [3.8, 4) is 11.8 Å². The monoisotopic (exact) mass is 451 g/mol. The van der Waals surface area contributed by atoms with E-state index in [4.69, 9.17) is 5.26 Å². The van der Waals surface area contributed by atoms with Gasteiger partial charge < -0.3 is 9.88 Å². The lowest BCUT2D eigenvalue weighted by Crippen LogP contribution is -2.46. The largest absolute Gasteiger partial charge is 0.369 e. The summed E-state index contributed by atoms with van der Waals surface area (Å²) in [5.41, 5.74) is 5.22. The molecule has 0 saturated carbocycles. The molecule has 1 fully saturated rings. The lowest BCUT2D eigenvalue weighted by Gasteiger charge is -2.36. The van der Waals surface area contributed by atoms with Crippen molar-refractivity contribution in [3.63, 3.8) is 0 Å². The van der Waals surface area contributed by atoms with Crippen LogP contribution in [-0.4, -0.2) is 47.2 Å². The normalized spacial score (nSPS) is 14.4. The highest BCUT2D eigenvalue weighted by Gasteiger charge is 2.17. The summed E-state index contributed by atoms with van der Waals surface area (Å²) in [5.74, 6) is 0. The molecule has 2 aromatic heterocycles. The number of piperazine rings is 1. The molecule has 1 aliphatic rings. The van der Waals surface area contributed by atoms with E-state index in [2.05, 4.69) is 39.2 Å². The number of nitrogens with zero attached hydrogens (tertiary/aromatic N) is 4. The number of pyridine rings is 1. The topological polar surface area (TPSA) is 68.1 Å². The van der Waals surface area contributed by atoms with Crippen molar-refractivity contribution in [1.29, 1.82) is 5.26 Å².